The Morgan fingerprint density at radius 3 is 3.00 bits per heavy atom. The Labute approximate surface area is 113 Å². The second kappa shape index (κ2) is 5.78. The lowest BCUT2D eigenvalue weighted by atomic mass is 10.3. The lowest BCUT2D eigenvalue weighted by molar-refractivity contribution is -0.384. The van der Waals surface area contributed by atoms with Gasteiger partial charge in [-0.05, 0) is 6.07 Å². The number of anilines is 1. The minimum atomic E-state index is -0.520. The molecule has 0 spiro atoms. The third kappa shape index (κ3) is 3.28. The van der Waals surface area contributed by atoms with Crippen molar-refractivity contribution < 1.29 is 9.72 Å². The van der Waals surface area contributed by atoms with Crippen LogP contribution in [0, 0.1) is 10.1 Å². The number of carbonyl (C=O) groups excluding carboxylic acids is 1. The molecule has 1 aromatic carbocycles. The van der Waals surface area contributed by atoms with E-state index in [-0.39, 0.29) is 12.2 Å². The molecule has 0 atom stereocenters. The summed E-state index contributed by atoms with van der Waals surface area (Å²) in [6.45, 7) is 0.251. The van der Waals surface area contributed by atoms with Crippen molar-refractivity contribution in [2.24, 2.45) is 0 Å². The number of nitro benzene ring substituents is 1. The van der Waals surface area contributed by atoms with Gasteiger partial charge >= 0.3 is 6.03 Å². The third-order valence-corrected chi connectivity index (χ3v) is 2.51. The summed E-state index contributed by atoms with van der Waals surface area (Å²) in [7, 11) is 1.58. The van der Waals surface area contributed by atoms with Crippen molar-refractivity contribution in [3.63, 3.8) is 0 Å². The fourth-order valence-electron chi connectivity index (χ4n) is 1.52. The molecule has 9 heteroatoms. The number of urea groups is 1. The van der Waals surface area contributed by atoms with Crippen molar-refractivity contribution in [2.75, 3.05) is 12.4 Å². The topological polar surface area (TPSA) is 117 Å². The number of nitro groups is 1. The summed E-state index contributed by atoms with van der Waals surface area (Å²) in [5.41, 5.74) is 0.273. The van der Waals surface area contributed by atoms with Crippen molar-refractivity contribution in [3.8, 4) is 0 Å². The number of hydrogen-bond donors (Lipinski definition) is 2. The highest BCUT2D eigenvalue weighted by Gasteiger charge is 2.12. The fourth-order valence-corrected chi connectivity index (χ4v) is 1.52. The van der Waals surface area contributed by atoms with Gasteiger partial charge in [-0.2, -0.15) is 5.10 Å². The van der Waals surface area contributed by atoms with E-state index in [0.29, 0.717) is 11.5 Å². The van der Waals surface area contributed by atoms with E-state index in [1.807, 2.05) is 0 Å². The fraction of sp³-hybridized carbons (Fsp3) is 0.182. The van der Waals surface area contributed by atoms with Crippen LogP contribution in [-0.4, -0.2) is 38.1 Å². The Kier molecular flexibility index (Phi) is 3.89. The predicted octanol–water partition coefficient (Wildman–Crippen LogP) is 1.38. The molecule has 104 valence electrons. The van der Waals surface area contributed by atoms with Crippen LogP contribution in [0.5, 0.6) is 0 Å². The Morgan fingerprint density at radius 1 is 1.55 bits per heavy atom. The normalized spacial score (nSPS) is 10.1. The molecule has 20 heavy (non-hydrogen) atoms. The van der Waals surface area contributed by atoms with E-state index >= 15 is 0 Å². The first-order chi connectivity index (χ1) is 9.56. The van der Waals surface area contributed by atoms with Gasteiger partial charge in [-0.25, -0.2) is 9.78 Å². The zero-order chi connectivity index (χ0) is 14.5. The summed E-state index contributed by atoms with van der Waals surface area (Å²) < 4.78 is 0. The van der Waals surface area contributed by atoms with E-state index in [1.165, 1.54) is 29.4 Å². The van der Waals surface area contributed by atoms with E-state index in [0.717, 1.165) is 0 Å². The van der Waals surface area contributed by atoms with Crippen LogP contribution >= 0.6 is 0 Å². The standard InChI is InChI=1S/C11H12N6O3/c1-16(6-10-12-7-13-15-10)11(18)14-8-3-2-4-9(5-8)17(19)20/h2-5,7H,6H2,1H3,(H,14,18)(H,12,13,15). The van der Waals surface area contributed by atoms with Gasteiger partial charge in [0.05, 0.1) is 11.5 Å². The molecule has 9 nitrogen and oxygen atoms in total. The minimum absolute atomic E-state index is 0.0827. The second-order valence-electron chi connectivity index (χ2n) is 4.03. The maximum Gasteiger partial charge on any atom is 0.321 e. The van der Waals surface area contributed by atoms with Crippen LogP contribution in [0.2, 0.25) is 0 Å². The quantitative estimate of drug-likeness (QED) is 0.646. The van der Waals surface area contributed by atoms with Gasteiger partial charge in [0.1, 0.15) is 12.2 Å². The third-order valence-electron chi connectivity index (χ3n) is 2.51. The molecule has 0 saturated heterocycles. The van der Waals surface area contributed by atoms with Crippen LogP contribution in [0.25, 0.3) is 0 Å². The van der Waals surface area contributed by atoms with Gasteiger partial charge in [-0.15, -0.1) is 0 Å². The molecule has 0 aliphatic carbocycles. The Balaban J connectivity index is 2.00. The highest BCUT2D eigenvalue weighted by molar-refractivity contribution is 5.89. The Hall–Kier alpha value is -2.97. The number of non-ortho nitro benzene ring substituents is 1. The van der Waals surface area contributed by atoms with Crippen molar-refractivity contribution in [2.45, 2.75) is 6.54 Å². The molecule has 2 rings (SSSR count). The van der Waals surface area contributed by atoms with Gasteiger partial charge in [-0.1, -0.05) is 6.07 Å². The number of hydrogen-bond acceptors (Lipinski definition) is 5. The first-order valence-corrected chi connectivity index (χ1v) is 5.67. The molecule has 0 saturated carbocycles. The van der Waals surface area contributed by atoms with E-state index in [2.05, 4.69) is 20.5 Å². The number of aromatic nitrogens is 3. The maximum atomic E-state index is 11.9. The summed E-state index contributed by atoms with van der Waals surface area (Å²) >= 11 is 0. The Morgan fingerprint density at radius 2 is 2.35 bits per heavy atom. The van der Waals surface area contributed by atoms with Crippen LogP contribution in [0.3, 0.4) is 0 Å². The zero-order valence-corrected chi connectivity index (χ0v) is 10.6. The lowest BCUT2D eigenvalue weighted by Crippen LogP contribution is -2.31. The van der Waals surface area contributed by atoms with Crippen LogP contribution < -0.4 is 5.32 Å². The monoisotopic (exact) mass is 276 g/mol. The van der Waals surface area contributed by atoms with Gasteiger partial charge in [0, 0.05) is 24.9 Å². The SMILES string of the molecule is CN(Cc1ncn[nH]1)C(=O)Nc1cccc([N+](=O)[O-])c1. The molecule has 0 fully saturated rings. The maximum absolute atomic E-state index is 11.9. The summed E-state index contributed by atoms with van der Waals surface area (Å²) in [6.07, 6.45) is 1.35. The lowest BCUT2D eigenvalue weighted by Gasteiger charge is -2.16. The smallest absolute Gasteiger partial charge is 0.320 e. The van der Waals surface area contributed by atoms with E-state index < -0.39 is 11.0 Å². The van der Waals surface area contributed by atoms with Crippen molar-refractivity contribution in [1.29, 1.82) is 0 Å². The summed E-state index contributed by atoms with van der Waals surface area (Å²) in [6, 6.07) is 5.33. The summed E-state index contributed by atoms with van der Waals surface area (Å²) in [5, 5.41) is 19.5. The van der Waals surface area contributed by atoms with Crippen LogP contribution in [0.1, 0.15) is 5.82 Å². The highest BCUT2D eigenvalue weighted by Crippen LogP contribution is 2.17. The van der Waals surface area contributed by atoms with Crippen molar-refractivity contribution >= 4 is 17.4 Å². The van der Waals surface area contributed by atoms with Gasteiger partial charge in [0.2, 0.25) is 0 Å². The molecule has 2 N–H and O–H groups in total. The van der Waals surface area contributed by atoms with E-state index in [4.69, 9.17) is 0 Å². The van der Waals surface area contributed by atoms with Crippen LogP contribution in [0.4, 0.5) is 16.2 Å². The summed E-state index contributed by atoms with van der Waals surface area (Å²) in [5.74, 6) is 0.543. The highest BCUT2D eigenvalue weighted by atomic mass is 16.6. The minimum Gasteiger partial charge on any atom is -0.320 e. The number of nitrogens with one attached hydrogen (secondary N) is 2. The van der Waals surface area contributed by atoms with Gasteiger partial charge in [0.15, 0.2) is 0 Å². The molecule has 2 amide bonds. The molecule has 0 aliphatic heterocycles. The number of carbonyl (C=O) groups is 1. The number of benzene rings is 1. The predicted molar refractivity (Wildman–Crippen MR) is 70.0 cm³/mol. The number of rotatable bonds is 4. The first kappa shape index (κ1) is 13.5. The Bertz CT molecular complexity index is 612. The molecule has 2 aromatic rings. The van der Waals surface area contributed by atoms with Gasteiger partial charge in [-0.3, -0.25) is 15.2 Å². The zero-order valence-electron chi connectivity index (χ0n) is 10.6. The molecular formula is C11H12N6O3. The molecule has 1 heterocycles. The van der Waals surface area contributed by atoms with Crippen molar-refractivity contribution in [1.82, 2.24) is 20.1 Å². The number of H-pyrrole nitrogens is 1. The summed E-state index contributed by atoms with van der Waals surface area (Å²) in [4.78, 5) is 27.3. The largest absolute Gasteiger partial charge is 0.321 e. The van der Waals surface area contributed by atoms with Crippen molar-refractivity contribution in [3.05, 3.63) is 46.5 Å². The van der Waals surface area contributed by atoms with E-state index in [9.17, 15) is 14.9 Å². The van der Waals surface area contributed by atoms with E-state index in [1.54, 1.807) is 13.1 Å². The molecule has 0 bridgehead atoms. The van der Waals surface area contributed by atoms with Gasteiger partial charge in [0.25, 0.3) is 5.69 Å². The molecule has 0 radical (unpaired) electrons. The second-order valence-corrected chi connectivity index (χ2v) is 4.03. The van der Waals surface area contributed by atoms with Gasteiger partial charge < -0.3 is 10.2 Å². The number of nitrogens with zero attached hydrogens (tertiary/aromatic N) is 4. The number of aromatic amines is 1. The molecule has 0 aliphatic rings. The van der Waals surface area contributed by atoms with Crippen LogP contribution in [0.15, 0.2) is 30.6 Å². The average molecular weight is 276 g/mol. The molecule has 1 aromatic heterocycles. The van der Waals surface area contributed by atoms with Crippen LogP contribution in [-0.2, 0) is 6.54 Å². The molecule has 0 unspecified atom stereocenters. The first-order valence-electron chi connectivity index (χ1n) is 5.67. The number of amides is 2. The average Bonchev–Trinajstić information content (AvgIpc) is 2.91. The molecular weight excluding hydrogens is 264 g/mol.